The van der Waals surface area contributed by atoms with Crippen molar-refractivity contribution >= 4 is 5.91 Å². The quantitative estimate of drug-likeness (QED) is 0.346. The van der Waals surface area contributed by atoms with E-state index in [1.165, 1.54) is 25.7 Å². The summed E-state index contributed by atoms with van der Waals surface area (Å²) in [6.07, 6.45) is 12.0. The molecule has 0 unspecified atom stereocenters. The highest BCUT2D eigenvalue weighted by atomic mass is 16.3. The van der Waals surface area contributed by atoms with E-state index in [4.69, 9.17) is 5.73 Å². The van der Waals surface area contributed by atoms with Crippen LogP contribution >= 0.6 is 0 Å². The minimum Gasteiger partial charge on any atom is -0.393 e. The highest BCUT2D eigenvalue weighted by molar-refractivity contribution is 5.75. The lowest BCUT2D eigenvalue weighted by Crippen LogP contribution is -2.62. The third-order valence-corrected chi connectivity index (χ3v) is 11.9. The van der Waals surface area contributed by atoms with Gasteiger partial charge in [0.2, 0.25) is 5.91 Å². The minimum absolute atomic E-state index is 0.184. The van der Waals surface area contributed by atoms with E-state index in [-0.39, 0.29) is 28.9 Å². The maximum Gasteiger partial charge on any atom is 0.220 e. The van der Waals surface area contributed by atoms with Crippen LogP contribution in [-0.4, -0.2) is 41.4 Å². The number of carbonyl (C=O) groups is 1. The third kappa shape index (κ3) is 4.95. The number of nitrogens with one attached hydrogen (secondary N) is 1. The van der Waals surface area contributed by atoms with Gasteiger partial charge in [-0.25, -0.2) is 0 Å². The first kappa shape index (κ1) is 27.4. The van der Waals surface area contributed by atoms with E-state index in [2.05, 4.69) is 33.0 Å². The SMILES string of the molecule is CC[C@H]1[C@@H](O)[C@@H]2[C@H](CC[C@]3(C)[C@@H]([C@H](C)CCC(=O)NCCCCN)CC[C@@H]23)[C@@]2(C)CC[C@@H](O)C[C@@H]12. The van der Waals surface area contributed by atoms with Gasteiger partial charge in [-0.3, -0.25) is 4.79 Å². The number of nitrogens with two attached hydrogens (primary N) is 1. The van der Waals surface area contributed by atoms with E-state index < -0.39 is 0 Å². The molecule has 0 radical (unpaired) electrons. The summed E-state index contributed by atoms with van der Waals surface area (Å²) in [5.74, 6) is 3.71. The molecule has 4 aliphatic rings. The van der Waals surface area contributed by atoms with Gasteiger partial charge >= 0.3 is 0 Å². The number of aliphatic hydroxyl groups is 2. The predicted octanol–water partition coefficient (Wildman–Crippen LogP) is 4.88. The van der Waals surface area contributed by atoms with Crippen molar-refractivity contribution < 1.29 is 15.0 Å². The van der Waals surface area contributed by atoms with Gasteiger partial charge in [0.05, 0.1) is 12.2 Å². The highest BCUT2D eigenvalue weighted by Gasteiger charge is 2.64. The summed E-state index contributed by atoms with van der Waals surface area (Å²) in [4.78, 5) is 12.4. The molecule has 0 saturated heterocycles. The summed E-state index contributed by atoms with van der Waals surface area (Å²) < 4.78 is 0. The molecule has 0 bridgehead atoms. The Kier molecular flexibility index (Phi) is 8.60. The van der Waals surface area contributed by atoms with Gasteiger partial charge in [-0.1, -0.05) is 34.1 Å². The van der Waals surface area contributed by atoms with Crippen LogP contribution in [0.25, 0.3) is 0 Å². The van der Waals surface area contributed by atoms with Crippen LogP contribution in [0.3, 0.4) is 0 Å². The molecule has 11 atom stereocenters. The molecule has 5 nitrogen and oxygen atoms in total. The number of unbranched alkanes of at least 4 members (excludes halogenated alkanes) is 1. The van der Waals surface area contributed by atoms with Crippen LogP contribution in [0.15, 0.2) is 0 Å². The summed E-state index contributed by atoms with van der Waals surface area (Å²) in [6, 6.07) is 0. The van der Waals surface area contributed by atoms with Crippen molar-refractivity contribution in [3.63, 3.8) is 0 Å². The van der Waals surface area contributed by atoms with E-state index in [1.807, 2.05) is 0 Å². The van der Waals surface area contributed by atoms with Crippen LogP contribution in [0.5, 0.6) is 0 Å². The molecule has 4 aliphatic carbocycles. The lowest BCUT2D eigenvalue weighted by molar-refractivity contribution is -0.203. The first-order chi connectivity index (χ1) is 16.7. The smallest absolute Gasteiger partial charge is 0.220 e. The predicted molar refractivity (Wildman–Crippen MR) is 141 cm³/mol. The summed E-state index contributed by atoms with van der Waals surface area (Å²) in [5.41, 5.74) is 6.08. The standard InChI is InChI=1S/C30H54N2O3/c1-5-21-25-18-20(33)12-14-30(25,4)24-13-15-29(3)22(9-10-23(29)27(24)28(21)35)19(2)8-11-26(34)32-17-7-6-16-31/h19-25,27-28,33,35H,5-18,31H2,1-4H3,(H,32,34)/t19-,20-,21-,22-,23+,24+,25+,27+,28-,29-,30-/m1/s1. The van der Waals surface area contributed by atoms with Gasteiger partial charge in [0.25, 0.3) is 0 Å². The van der Waals surface area contributed by atoms with Gasteiger partial charge in [0.15, 0.2) is 0 Å². The summed E-state index contributed by atoms with van der Waals surface area (Å²) in [5, 5.41) is 25.4. The Morgan fingerprint density at radius 1 is 1.03 bits per heavy atom. The lowest BCUT2D eigenvalue weighted by atomic mass is 9.41. The Labute approximate surface area is 214 Å². The van der Waals surface area contributed by atoms with Crippen molar-refractivity contribution in [2.45, 2.75) is 117 Å². The van der Waals surface area contributed by atoms with Gasteiger partial charge in [-0.15, -0.1) is 0 Å². The third-order valence-electron chi connectivity index (χ3n) is 11.9. The van der Waals surface area contributed by atoms with Crippen LogP contribution < -0.4 is 11.1 Å². The molecule has 4 rings (SSSR count). The van der Waals surface area contributed by atoms with Gasteiger partial charge in [-0.05, 0) is 123 Å². The van der Waals surface area contributed by atoms with Crippen LogP contribution in [0.2, 0.25) is 0 Å². The van der Waals surface area contributed by atoms with Crippen molar-refractivity contribution in [3.05, 3.63) is 0 Å². The number of fused-ring (bicyclic) bond motifs is 5. The zero-order valence-corrected chi connectivity index (χ0v) is 23.0. The molecule has 5 N–H and O–H groups in total. The fourth-order valence-corrected chi connectivity index (χ4v) is 10.1. The topological polar surface area (TPSA) is 95.6 Å². The van der Waals surface area contributed by atoms with Crippen LogP contribution in [0, 0.1) is 52.3 Å². The van der Waals surface area contributed by atoms with Crippen LogP contribution in [0.4, 0.5) is 0 Å². The Bertz CT molecular complexity index is 730. The van der Waals surface area contributed by atoms with E-state index in [1.54, 1.807) is 0 Å². The maximum absolute atomic E-state index is 12.4. The first-order valence-corrected chi connectivity index (χ1v) is 15.0. The molecule has 1 amide bonds. The van der Waals surface area contributed by atoms with Gasteiger partial charge < -0.3 is 21.3 Å². The van der Waals surface area contributed by atoms with E-state index in [9.17, 15) is 15.0 Å². The van der Waals surface area contributed by atoms with Crippen molar-refractivity contribution in [1.82, 2.24) is 5.32 Å². The number of carbonyl (C=O) groups excluding carboxylic acids is 1. The molecule has 4 fully saturated rings. The molecule has 0 aromatic heterocycles. The molecule has 5 heteroatoms. The molecule has 4 saturated carbocycles. The van der Waals surface area contributed by atoms with E-state index in [0.29, 0.717) is 54.4 Å². The Hall–Kier alpha value is -0.650. The van der Waals surface area contributed by atoms with Crippen molar-refractivity contribution in [1.29, 1.82) is 0 Å². The maximum atomic E-state index is 12.4. The van der Waals surface area contributed by atoms with Gasteiger partial charge in [-0.2, -0.15) is 0 Å². The molecule has 0 aliphatic heterocycles. The second kappa shape index (κ2) is 11.0. The van der Waals surface area contributed by atoms with Crippen LogP contribution in [-0.2, 0) is 4.79 Å². The van der Waals surface area contributed by atoms with E-state index >= 15 is 0 Å². The molecular weight excluding hydrogens is 436 g/mol. The van der Waals surface area contributed by atoms with Gasteiger partial charge in [0, 0.05) is 13.0 Å². The number of hydrogen-bond donors (Lipinski definition) is 4. The highest BCUT2D eigenvalue weighted by Crippen LogP contribution is 2.69. The molecular formula is C30H54N2O3. The molecule has 202 valence electrons. The Morgan fingerprint density at radius 3 is 2.46 bits per heavy atom. The number of hydrogen-bond acceptors (Lipinski definition) is 4. The molecule has 0 aromatic carbocycles. The summed E-state index contributed by atoms with van der Waals surface area (Å²) in [6.45, 7) is 11.1. The van der Waals surface area contributed by atoms with Gasteiger partial charge in [0.1, 0.15) is 0 Å². The molecule has 0 aromatic rings. The van der Waals surface area contributed by atoms with Crippen LogP contribution in [0.1, 0.15) is 105 Å². The zero-order valence-electron chi connectivity index (χ0n) is 23.0. The summed E-state index contributed by atoms with van der Waals surface area (Å²) >= 11 is 0. The lowest BCUT2D eigenvalue weighted by Gasteiger charge is -2.64. The van der Waals surface area contributed by atoms with Crippen molar-refractivity contribution in [3.8, 4) is 0 Å². The fraction of sp³-hybridized carbons (Fsp3) is 0.967. The number of rotatable bonds is 9. The first-order valence-electron chi connectivity index (χ1n) is 15.0. The molecule has 0 heterocycles. The van der Waals surface area contributed by atoms with E-state index in [0.717, 1.165) is 51.5 Å². The second-order valence-electron chi connectivity index (χ2n) is 13.5. The minimum atomic E-state index is -0.230. The normalized spacial score (nSPS) is 45.8. The molecule has 35 heavy (non-hydrogen) atoms. The average Bonchev–Trinajstić information content (AvgIpc) is 3.19. The van der Waals surface area contributed by atoms with Crippen molar-refractivity contribution in [2.24, 2.45) is 58.0 Å². The summed E-state index contributed by atoms with van der Waals surface area (Å²) in [7, 11) is 0. The monoisotopic (exact) mass is 490 g/mol. The largest absolute Gasteiger partial charge is 0.393 e. The van der Waals surface area contributed by atoms with Crippen molar-refractivity contribution in [2.75, 3.05) is 13.1 Å². The Morgan fingerprint density at radius 2 is 1.74 bits per heavy atom. The molecule has 0 spiro atoms. The number of amides is 1. The zero-order chi connectivity index (χ0) is 25.4. The Balaban J connectivity index is 1.44. The fourth-order valence-electron chi connectivity index (χ4n) is 10.1. The second-order valence-corrected chi connectivity index (χ2v) is 13.5. The number of aliphatic hydroxyl groups excluding tert-OH is 2. The average molecular weight is 491 g/mol.